The number of nitrogens with one attached hydrogen (secondary N) is 2. The van der Waals surface area contributed by atoms with E-state index in [2.05, 4.69) is 20.8 Å². The highest BCUT2D eigenvalue weighted by molar-refractivity contribution is 14.0. The van der Waals surface area contributed by atoms with E-state index in [0.717, 1.165) is 30.5 Å². The summed E-state index contributed by atoms with van der Waals surface area (Å²) in [6.45, 7) is 4.76. The van der Waals surface area contributed by atoms with E-state index in [-0.39, 0.29) is 41.6 Å². The molecule has 9 heteroatoms. The van der Waals surface area contributed by atoms with Gasteiger partial charge in [0.05, 0.1) is 6.54 Å². The summed E-state index contributed by atoms with van der Waals surface area (Å²) in [4.78, 5) is 4.70. The molecule has 1 aromatic carbocycles. The zero-order valence-electron chi connectivity index (χ0n) is 17.9. The minimum atomic E-state index is -0.355. The number of aryl methyl sites for hydroxylation is 1. The normalized spacial score (nSPS) is 15.9. The fourth-order valence-corrected chi connectivity index (χ4v) is 3.37. The number of rotatable bonds is 7. The van der Waals surface area contributed by atoms with E-state index in [1.807, 2.05) is 25.5 Å². The van der Waals surface area contributed by atoms with Gasteiger partial charge in [-0.15, -0.1) is 34.2 Å². The van der Waals surface area contributed by atoms with Crippen molar-refractivity contribution in [3.05, 3.63) is 41.7 Å². The number of ether oxygens (including phenoxy) is 1. The summed E-state index contributed by atoms with van der Waals surface area (Å²) in [5.41, 5.74) is 0. The van der Waals surface area contributed by atoms with E-state index in [1.165, 1.54) is 25.3 Å². The molecule has 1 aliphatic rings. The molecule has 0 amide bonds. The molecule has 1 unspecified atom stereocenters. The van der Waals surface area contributed by atoms with E-state index in [1.54, 1.807) is 18.2 Å². The molecule has 1 aliphatic carbocycles. The van der Waals surface area contributed by atoms with Gasteiger partial charge in [0, 0.05) is 13.1 Å². The number of halogens is 2. The van der Waals surface area contributed by atoms with Crippen molar-refractivity contribution in [3.8, 4) is 5.75 Å². The molecule has 1 aromatic heterocycles. The summed E-state index contributed by atoms with van der Waals surface area (Å²) < 4.78 is 21.5. The smallest absolute Gasteiger partial charge is 0.192 e. The first kappa shape index (κ1) is 24.4. The van der Waals surface area contributed by atoms with E-state index in [4.69, 9.17) is 9.73 Å². The zero-order chi connectivity index (χ0) is 20.6. The predicted octanol–water partition coefficient (Wildman–Crippen LogP) is 3.72. The van der Waals surface area contributed by atoms with Gasteiger partial charge in [-0.2, -0.15) is 0 Å². The molecule has 0 bridgehead atoms. The number of hydrogen-bond donors (Lipinski definition) is 2. The zero-order valence-corrected chi connectivity index (χ0v) is 20.2. The molecule has 0 spiro atoms. The van der Waals surface area contributed by atoms with Crippen LogP contribution in [0.1, 0.15) is 50.7 Å². The lowest BCUT2D eigenvalue weighted by Crippen LogP contribution is -2.46. The Morgan fingerprint density at radius 3 is 2.67 bits per heavy atom. The Kier molecular flexibility index (Phi) is 9.80. The van der Waals surface area contributed by atoms with Crippen molar-refractivity contribution in [1.29, 1.82) is 0 Å². The third kappa shape index (κ3) is 7.10. The summed E-state index contributed by atoms with van der Waals surface area (Å²) >= 11 is 0. The minimum Gasteiger partial charge on any atom is -0.486 e. The van der Waals surface area contributed by atoms with Crippen LogP contribution in [0.25, 0.3) is 0 Å². The molecule has 7 nitrogen and oxygen atoms in total. The van der Waals surface area contributed by atoms with Gasteiger partial charge in [0.1, 0.15) is 18.5 Å². The summed E-state index contributed by atoms with van der Waals surface area (Å²) in [5, 5.41) is 15.1. The lowest BCUT2D eigenvalue weighted by molar-refractivity contribution is 0.213. The molecule has 166 valence electrons. The number of para-hydroxylation sites is 1. The van der Waals surface area contributed by atoms with Gasteiger partial charge < -0.3 is 19.9 Å². The van der Waals surface area contributed by atoms with E-state index < -0.39 is 0 Å². The summed E-state index contributed by atoms with van der Waals surface area (Å²) in [5.74, 6) is 2.29. The van der Waals surface area contributed by atoms with Crippen molar-refractivity contribution < 1.29 is 9.13 Å². The van der Waals surface area contributed by atoms with Gasteiger partial charge in [0.25, 0.3) is 0 Å². The van der Waals surface area contributed by atoms with Crippen molar-refractivity contribution in [2.45, 2.75) is 64.6 Å². The second kappa shape index (κ2) is 12.1. The fourth-order valence-electron chi connectivity index (χ4n) is 3.37. The van der Waals surface area contributed by atoms with E-state index in [0.29, 0.717) is 19.1 Å². The SMILES string of the molecule is Cc1nnc(CN=C(NCC(C)Oc2ccccc2F)NC2CCCCC2)n1C.I. The van der Waals surface area contributed by atoms with Crippen LogP contribution in [0.4, 0.5) is 4.39 Å². The standard InChI is InChI=1S/C21H31FN6O.HI/c1-15(29-19-12-8-7-11-18(19)22)13-23-21(25-17-9-5-4-6-10-17)24-14-20-27-26-16(2)28(20)3;/h7-8,11-12,15,17H,4-6,9-10,13-14H2,1-3H3,(H2,23,24,25);1H. The molecule has 0 aliphatic heterocycles. The van der Waals surface area contributed by atoms with Crippen LogP contribution in [0.5, 0.6) is 5.75 Å². The Hall–Kier alpha value is -1.91. The Morgan fingerprint density at radius 2 is 2.00 bits per heavy atom. The maximum absolute atomic E-state index is 13.8. The molecule has 1 fully saturated rings. The van der Waals surface area contributed by atoms with Gasteiger partial charge >= 0.3 is 0 Å². The number of hydrogen-bond acceptors (Lipinski definition) is 4. The highest BCUT2D eigenvalue weighted by atomic mass is 127. The third-order valence-electron chi connectivity index (χ3n) is 5.23. The molecule has 3 rings (SSSR count). The first-order valence-corrected chi connectivity index (χ1v) is 10.3. The fraction of sp³-hybridized carbons (Fsp3) is 0.571. The number of aromatic nitrogens is 3. The number of benzene rings is 1. The molecule has 2 aromatic rings. The molecular weight excluding hydrogens is 498 g/mol. The average Bonchev–Trinajstić information content (AvgIpc) is 3.04. The molecule has 1 heterocycles. The average molecular weight is 530 g/mol. The Balaban J connectivity index is 0.00000320. The molecule has 0 saturated heterocycles. The lowest BCUT2D eigenvalue weighted by Gasteiger charge is -2.26. The molecule has 1 saturated carbocycles. The minimum absolute atomic E-state index is 0. The summed E-state index contributed by atoms with van der Waals surface area (Å²) in [6, 6.07) is 6.86. The number of aliphatic imine (C=N–C) groups is 1. The number of nitrogens with zero attached hydrogens (tertiary/aromatic N) is 4. The van der Waals surface area contributed by atoms with Crippen LogP contribution in [-0.2, 0) is 13.6 Å². The van der Waals surface area contributed by atoms with Crippen LogP contribution < -0.4 is 15.4 Å². The van der Waals surface area contributed by atoms with Gasteiger partial charge in [-0.25, -0.2) is 9.38 Å². The van der Waals surface area contributed by atoms with Crippen molar-refractivity contribution >= 4 is 29.9 Å². The van der Waals surface area contributed by atoms with Crippen LogP contribution >= 0.6 is 24.0 Å². The van der Waals surface area contributed by atoms with Gasteiger partial charge in [0.2, 0.25) is 0 Å². The van der Waals surface area contributed by atoms with Crippen LogP contribution in [-0.4, -0.2) is 39.4 Å². The molecule has 0 radical (unpaired) electrons. The second-order valence-corrected chi connectivity index (χ2v) is 7.61. The Labute approximate surface area is 194 Å². The maximum Gasteiger partial charge on any atom is 0.192 e. The molecule has 30 heavy (non-hydrogen) atoms. The Morgan fingerprint density at radius 1 is 1.27 bits per heavy atom. The van der Waals surface area contributed by atoms with Gasteiger partial charge in [-0.3, -0.25) is 0 Å². The summed E-state index contributed by atoms with van der Waals surface area (Å²) in [7, 11) is 1.94. The van der Waals surface area contributed by atoms with Crippen LogP contribution in [0, 0.1) is 12.7 Å². The molecular formula is C21H32FIN6O. The van der Waals surface area contributed by atoms with Crippen LogP contribution in [0.3, 0.4) is 0 Å². The predicted molar refractivity (Wildman–Crippen MR) is 127 cm³/mol. The summed E-state index contributed by atoms with van der Waals surface area (Å²) in [6.07, 6.45) is 5.84. The maximum atomic E-state index is 13.8. The van der Waals surface area contributed by atoms with Gasteiger partial charge in [-0.05, 0) is 38.8 Å². The monoisotopic (exact) mass is 530 g/mol. The molecule has 1 atom stereocenters. The highest BCUT2D eigenvalue weighted by Crippen LogP contribution is 2.18. The van der Waals surface area contributed by atoms with Crippen molar-refractivity contribution in [3.63, 3.8) is 0 Å². The highest BCUT2D eigenvalue weighted by Gasteiger charge is 2.16. The first-order chi connectivity index (χ1) is 14.0. The number of guanidine groups is 1. The lowest BCUT2D eigenvalue weighted by atomic mass is 9.96. The van der Waals surface area contributed by atoms with Gasteiger partial charge in [-0.1, -0.05) is 31.4 Å². The van der Waals surface area contributed by atoms with Crippen LogP contribution in [0.15, 0.2) is 29.3 Å². The largest absolute Gasteiger partial charge is 0.486 e. The topological polar surface area (TPSA) is 76.4 Å². The van der Waals surface area contributed by atoms with Crippen LogP contribution in [0.2, 0.25) is 0 Å². The van der Waals surface area contributed by atoms with Crippen molar-refractivity contribution in [2.24, 2.45) is 12.0 Å². The quantitative estimate of drug-likeness (QED) is 0.324. The second-order valence-electron chi connectivity index (χ2n) is 7.61. The van der Waals surface area contributed by atoms with E-state index >= 15 is 0 Å². The Bertz CT molecular complexity index is 822. The van der Waals surface area contributed by atoms with Crippen molar-refractivity contribution in [2.75, 3.05) is 6.54 Å². The van der Waals surface area contributed by atoms with Crippen molar-refractivity contribution in [1.82, 2.24) is 25.4 Å². The first-order valence-electron chi connectivity index (χ1n) is 10.3. The van der Waals surface area contributed by atoms with E-state index in [9.17, 15) is 4.39 Å². The third-order valence-corrected chi connectivity index (χ3v) is 5.23. The molecule has 2 N–H and O–H groups in total. The van der Waals surface area contributed by atoms with Gasteiger partial charge in [0.15, 0.2) is 23.4 Å².